The van der Waals surface area contributed by atoms with E-state index in [1.165, 1.54) is 23.6 Å². The summed E-state index contributed by atoms with van der Waals surface area (Å²) in [5, 5.41) is 2.01. The quantitative estimate of drug-likeness (QED) is 0.588. The van der Waals surface area contributed by atoms with E-state index in [-0.39, 0.29) is 16.9 Å². The molecule has 0 bridgehead atoms. The second-order valence-corrected chi connectivity index (χ2v) is 10.5. The van der Waals surface area contributed by atoms with Crippen molar-refractivity contribution in [2.24, 2.45) is 0 Å². The zero-order valence-corrected chi connectivity index (χ0v) is 17.6. The van der Waals surface area contributed by atoms with Crippen molar-refractivity contribution in [2.75, 3.05) is 11.5 Å². The second-order valence-electron chi connectivity index (χ2n) is 6.18. The summed E-state index contributed by atoms with van der Waals surface area (Å²) in [5.74, 6) is 0.582. The van der Waals surface area contributed by atoms with Gasteiger partial charge in [0.2, 0.25) is 10.0 Å². The number of benzene rings is 1. The van der Waals surface area contributed by atoms with E-state index in [1.807, 2.05) is 54.8 Å². The van der Waals surface area contributed by atoms with Crippen LogP contribution in [0, 0.1) is 0 Å². The third-order valence-electron chi connectivity index (χ3n) is 3.96. The van der Waals surface area contributed by atoms with Gasteiger partial charge in [-0.3, -0.25) is 4.79 Å². The van der Waals surface area contributed by atoms with Crippen LogP contribution in [0.5, 0.6) is 0 Å². The minimum absolute atomic E-state index is 0.00612. The first kappa shape index (κ1) is 21.2. The number of hydrogen-bond acceptors (Lipinski definition) is 5. The van der Waals surface area contributed by atoms with Crippen LogP contribution in [-0.4, -0.2) is 35.4 Å². The van der Waals surface area contributed by atoms with Crippen LogP contribution < -0.4 is 0 Å². The highest BCUT2D eigenvalue weighted by Gasteiger charge is 2.27. The highest BCUT2D eigenvalue weighted by atomic mass is 32.2. The number of carbonyl (C=O) groups is 1. The van der Waals surface area contributed by atoms with Gasteiger partial charge in [-0.15, -0.1) is 11.3 Å². The normalized spacial score (nSPS) is 13.0. The molecule has 0 N–H and O–H groups in total. The molecular weight excluding hydrogens is 386 g/mol. The van der Waals surface area contributed by atoms with Crippen LogP contribution in [0.25, 0.3) is 0 Å². The number of aryl methyl sites for hydroxylation is 1. The molecule has 26 heavy (non-hydrogen) atoms. The average Bonchev–Trinajstić information content (AvgIpc) is 3.11. The van der Waals surface area contributed by atoms with Crippen molar-refractivity contribution in [3.8, 4) is 0 Å². The molecule has 0 aliphatic heterocycles. The van der Waals surface area contributed by atoms with E-state index in [0.29, 0.717) is 18.7 Å². The Morgan fingerprint density at radius 1 is 1.19 bits per heavy atom. The summed E-state index contributed by atoms with van der Waals surface area (Å²) < 4.78 is 27.5. The van der Waals surface area contributed by atoms with Gasteiger partial charge in [0.15, 0.2) is 5.12 Å². The van der Waals surface area contributed by atoms with Crippen LogP contribution in [0.4, 0.5) is 0 Å². The summed E-state index contributed by atoms with van der Waals surface area (Å²) in [4.78, 5) is 12.5. The molecule has 0 saturated heterocycles. The molecule has 0 aliphatic carbocycles. The molecule has 1 heterocycles. The molecule has 2 rings (SSSR count). The SMILES string of the molecule is CC(=O)SC[C@@H](C)N(Cc1ccccc1)S(=O)(=O)CCCc1cccs1. The number of sulfonamides is 1. The van der Waals surface area contributed by atoms with Crippen LogP contribution >= 0.6 is 23.1 Å². The molecule has 1 aromatic carbocycles. The van der Waals surface area contributed by atoms with Crippen LogP contribution in [0.2, 0.25) is 0 Å². The number of thioether (sulfide) groups is 1. The summed E-state index contributed by atoms with van der Waals surface area (Å²) >= 11 is 2.83. The Morgan fingerprint density at radius 3 is 2.54 bits per heavy atom. The van der Waals surface area contributed by atoms with Gasteiger partial charge in [-0.25, -0.2) is 8.42 Å². The van der Waals surface area contributed by atoms with E-state index < -0.39 is 10.0 Å². The first-order valence-corrected chi connectivity index (χ1v) is 12.0. The van der Waals surface area contributed by atoms with Crippen molar-refractivity contribution in [1.82, 2.24) is 4.31 Å². The zero-order valence-electron chi connectivity index (χ0n) is 15.1. The lowest BCUT2D eigenvalue weighted by atomic mass is 10.2. The maximum Gasteiger partial charge on any atom is 0.214 e. The van der Waals surface area contributed by atoms with E-state index in [1.54, 1.807) is 15.6 Å². The summed E-state index contributed by atoms with van der Waals surface area (Å²) in [6, 6.07) is 13.4. The third-order valence-corrected chi connectivity index (χ3v) is 7.96. The Balaban J connectivity index is 2.07. The van der Waals surface area contributed by atoms with E-state index in [0.717, 1.165) is 12.0 Å². The first-order chi connectivity index (χ1) is 12.4. The summed E-state index contributed by atoms with van der Waals surface area (Å²) in [5.41, 5.74) is 0.953. The number of nitrogens with zero attached hydrogens (tertiary/aromatic N) is 1. The van der Waals surface area contributed by atoms with Gasteiger partial charge in [-0.05, 0) is 36.8 Å². The Bertz CT molecular complexity index is 774. The summed E-state index contributed by atoms with van der Waals surface area (Å²) in [7, 11) is -3.41. The number of thiophene rings is 1. The molecule has 4 nitrogen and oxygen atoms in total. The molecule has 0 saturated carbocycles. The Hall–Kier alpha value is -1.15. The topological polar surface area (TPSA) is 54.5 Å². The van der Waals surface area contributed by atoms with Crippen LogP contribution in [0.3, 0.4) is 0 Å². The van der Waals surface area contributed by atoms with E-state index in [9.17, 15) is 13.2 Å². The third kappa shape index (κ3) is 6.87. The zero-order chi connectivity index (χ0) is 19.0. The second kappa shape index (κ2) is 10.3. The lowest BCUT2D eigenvalue weighted by Crippen LogP contribution is -2.41. The lowest BCUT2D eigenvalue weighted by molar-refractivity contribution is -0.109. The van der Waals surface area contributed by atoms with Crippen LogP contribution in [0.1, 0.15) is 30.7 Å². The molecule has 0 radical (unpaired) electrons. The van der Waals surface area contributed by atoms with Crippen LogP contribution in [-0.2, 0) is 27.8 Å². The van der Waals surface area contributed by atoms with Gasteiger partial charge >= 0.3 is 0 Å². The monoisotopic (exact) mass is 411 g/mol. The molecule has 0 aliphatic rings. The molecule has 2 aromatic rings. The van der Waals surface area contributed by atoms with Gasteiger partial charge in [0.1, 0.15) is 0 Å². The number of carbonyl (C=O) groups excluding carboxylic acids is 1. The van der Waals surface area contributed by atoms with Crippen molar-refractivity contribution < 1.29 is 13.2 Å². The highest BCUT2D eigenvalue weighted by Crippen LogP contribution is 2.19. The van der Waals surface area contributed by atoms with Crippen molar-refractivity contribution in [3.63, 3.8) is 0 Å². The molecule has 1 aromatic heterocycles. The van der Waals surface area contributed by atoms with Crippen molar-refractivity contribution in [2.45, 2.75) is 39.3 Å². The van der Waals surface area contributed by atoms with E-state index >= 15 is 0 Å². The van der Waals surface area contributed by atoms with Gasteiger partial charge in [0.05, 0.1) is 5.75 Å². The predicted molar refractivity (Wildman–Crippen MR) is 111 cm³/mol. The molecular formula is C19H25NO3S3. The van der Waals surface area contributed by atoms with E-state index in [4.69, 9.17) is 0 Å². The predicted octanol–water partition coefficient (Wildman–Crippen LogP) is 4.18. The first-order valence-electron chi connectivity index (χ1n) is 8.57. The fraction of sp³-hybridized carbons (Fsp3) is 0.421. The largest absolute Gasteiger partial charge is 0.288 e. The standard InChI is InChI=1S/C19H25NO3S3/c1-16(15-25-17(2)21)20(14-18-8-4-3-5-9-18)26(22,23)13-7-11-19-10-6-12-24-19/h3-6,8-10,12,16H,7,11,13-15H2,1-2H3/t16-/m1/s1. The fourth-order valence-electron chi connectivity index (χ4n) is 2.61. The average molecular weight is 412 g/mol. The molecule has 1 atom stereocenters. The molecule has 7 heteroatoms. The lowest BCUT2D eigenvalue weighted by Gasteiger charge is -2.28. The van der Waals surface area contributed by atoms with Crippen molar-refractivity contribution in [3.05, 3.63) is 58.3 Å². The minimum atomic E-state index is -3.41. The van der Waals surface area contributed by atoms with E-state index in [2.05, 4.69) is 0 Å². The number of rotatable bonds is 10. The Morgan fingerprint density at radius 2 is 1.92 bits per heavy atom. The molecule has 0 unspecified atom stereocenters. The maximum atomic E-state index is 13.0. The van der Waals surface area contributed by atoms with Gasteiger partial charge in [-0.1, -0.05) is 48.2 Å². The van der Waals surface area contributed by atoms with Gasteiger partial charge < -0.3 is 0 Å². The molecule has 0 spiro atoms. The smallest absolute Gasteiger partial charge is 0.214 e. The minimum Gasteiger partial charge on any atom is -0.288 e. The van der Waals surface area contributed by atoms with Crippen molar-refractivity contribution >= 4 is 38.2 Å². The fourth-order valence-corrected chi connectivity index (χ4v) is 5.83. The maximum absolute atomic E-state index is 13.0. The highest BCUT2D eigenvalue weighted by molar-refractivity contribution is 8.13. The summed E-state index contributed by atoms with van der Waals surface area (Å²) in [6.45, 7) is 3.71. The van der Waals surface area contributed by atoms with Gasteiger partial charge in [0.25, 0.3) is 0 Å². The molecule has 142 valence electrons. The number of hydrogen-bond donors (Lipinski definition) is 0. The summed E-state index contributed by atoms with van der Waals surface area (Å²) in [6.07, 6.45) is 1.37. The Labute approximate surface area is 164 Å². The van der Waals surface area contributed by atoms with Gasteiger partial charge in [-0.2, -0.15) is 4.31 Å². The Kier molecular flexibility index (Phi) is 8.34. The van der Waals surface area contributed by atoms with Crippen molar-refractivity contribution in [1.29, 1.82) is 0 Å². The molecule has 0 fully saturated rings. The van der Waals surface area contributed by atoms with Gasteiger partial charge in [0, 0.05) is 30.1 Å². The molecule has 0 amide bonds. The van der Waals surface area contributed by atoms with Crippen LogP contribution in [0.15, 0.2) is 47.8 Å².